The van der Waals surface area contributed by atoms with Crippen molar-refractivity contribution >= 4 is 24.6 Å². The van der Waals surface area contributed by atoms with Crippen LogP contribution < -0.4 is 10.4 Å². The quantitative estimate of drug-likeness (QED) is 0.141. The summed E-state index contributed by atoms with van der Waals surface area (Å²) in [5, 5.41) is 3.64. The van der Waals surface area contributed by atoms with E-state index in [1.165, 1.54) is 0 Å². The molecular formula is C36H47NO6Si. The van der Waals surface area contributed by atoms with Crippen LogP contribution in [-0.4, -0.2) is 64.2 Å². The molecule has 0 spiro atoms. The third-order valence-electron chi connectivity index (χ3n) is 8.78. The second-order valence-corrected chi connectivity index (χ2v) is 17.1. The number of piperidine rings is 1. The van der Waals surface area contributed by atoms with Crippen molar-refractivity contribution < 1.29 is 28.3 Å². The van der Waals surface area contributed by atoms with Gasteiger partial charge in [0.15, 0.2) is 0 Å². The standard InChI is InChI=1S/C36H47NO6Si/c1-36(2,3)44(30-18-10-6-11-19-30,31-20-12-7-13-21-31)43-34-25-33(41-26-28-15-8-5-9-16-28)32-23-22-29(42-37(32)35(34)38)17-14-24-40-27-39-4/h5-13,15-16,18-21,29,32-34H,14,17,22-27H2,1-4H3/t29-,32-,33+,34+/m1/s1. The smallest absolute Gasteiger partial charge is 0.274 e. The van der Waals surface area contributed by atoms with Crippen LogP contribution in [0.2, 0.25) is 5.04 Å². The predicted molar refractivity (Wildman–Crippen MR) is 174 cm³/mol. The Morgan fingerprint density at radius 1 is 0.886 bits per heavy atom. The Hall–Kier alpha value is -2.85. The monoisotopic (exact) mass is 617 g/mol. The van der Waals surface area contributed by atoms with E-state index in [4.69, 9.17) is 23.5 Å². The number of nitrogens with zero attached hydrogens (tertiary/aromatic N) is 1. The van der Waals surface area contributed by atoms with Gasteiger partial charge in [-0.2, -0.15) is 0 Å². The van der Waals surface area contributed by atoms with E-state index >= 15 is 0 Å². The van der Waals surface area contributed by atoms with Crippen LogP contribution in [0.1, 0.15) is 58.4 Å². The maximum absolute atomic E-state index is 14.4. The van der Waals surface area contributed by atoms with Crippen LogP contribution in [0.15, 0.2) is 91.0 Å². The highest BCUT2D eigenvalue weighted by Crippen LogP contribution is 2.41. The minimum atomic E-state index is -2.99. The first-order valence-corrected chi connectivity index (χ1v) is 17.7. The molecule has 5 rings (SSSR count). The molecule has 8 heteroatoms. The first-order valence-electron chi connectivity index (χ1n) is 15.8. The van der Waals surface area contributed by atoms with Crippen LogP contribution in [0.25, 0.3) is 0 Å². The molecule has 236 valence electrons. The van der Waals surface area contributed by atoms with E-state index < -0.39 is 14.4 Å². The molecule has 0 N–H and O–H groups in total. The lowest BCUT2D eigenvalue weighted by molar-refractivity contribution is -0.275. The maximum Gasteiger partial charge on any atom is 0.274 e. The minimum absolute atomic E-state index is 0.0669. The molecule has 0 radical (unpaired) electrons. The van der Waals surface area contributed by atoms with Crippen molar-refractivity contribution in [1.82, 2.24) is 5.06 Å². The second kappa shape index (κ2) is 15.0. The zero-order chi connectivity index (χ0) is 31.0. The van der Waals surface area contributed by atoms with E-state index in [-0.39, 0.29) is 36.0 Å². The van der Waals surface area contributed by atoms with Gasteiger partial charge in [0.1, 0.15) is 12.9 Å². The number of hydroxylamine groups is 2. The van der Waals surface area contributed by atoms with Gasteiger partial charge in [-0.25, -0.2) is 5.06 Å². The normalized spacial score (nSPS) is 22.5. The van der Waals surface area contributed by atoms with E-state index in [1.807, 2.05) is 30.3 Å². The Bertz CT molecular complexity index is 1260. The highest BCUT2D eigenvalue weighted by molar-refractivity contribution is 6.99. The fourth-order valence-corrected chi connectivity index (χ4v) is 11.3. The SMILES string of the molecule is COCOCCC[C@@H]1CC[C@@H]2[C@@H](OCc3ccccc3)C[C@H](O[Si](c3ccccc3)(c3ccccc3)C(C)(C)C)C(=O)N2O1. The molecule has 0 aliphatic carbocycles. The van der Waals surface area contributed by atoms with Gasteiger partial charge in [0.2, 0.25) is 0 Å². The number of ether oxygens (including phenoxy) is 3. The second-order valence-electron chi connectivity index (χ2n) is 12.8. The van der Waals surface area contributed by atoms with Gasteiger partial charge < -0.3 is 18.6 Å². The summed E-state index contributed by atoms with van der Waals surface area (Å²) in [5.74, 6) is -0.108. The Labute approximate surface area is 263 Å². The van der Waals surface area contributed by atoms with Crippen LogP contribution in [0, 0.1) is 0 Å². The fraction of sp³-hybridized carbons (Fsp3) is 0.472. The molecule has 0 saturated carbocycles. The van der Waals surface area contributed by atoms with Crippen LogP contribution in [-0.2, 0) is 34.9 Å². The van der Waals surface area contributed by atoms with E-state index in [9.17, 15) is 4.79 Å². The van der Waals surface area contributed by atoms with E-state index in [1.54, 1.807) is 12.2 Å². The third-order valence-corrected chi connectivity index (χ3v) is 13.8. The molecule has 2 saturated heterocycles. The van der Waals surface area contributed by atoms with Crippen LogP contribution in [0.3, 0.4) is 0 Å². The van der Waals surface area contributed by atoms with Crippen molar-refractivity contribution in [2.45, 2.75) is 88.9 Å². The van der Waals surface area contributed by atoms with Gasteiger partial charge in [0.25, 0.3) is 14.2 Å². The summed E-state index contributed by atoms with van der Waals surface area (Å²) in [5.41, 5.74) is 1.10. The molecule has 3 aromatic carbocycles. The number of hydrogen-bond acceptors (Lipinski definition) is 6. The van der Waals surface area contributed by atoms with E-state index in [0.717, 1.165) is 41.6 Å². The lowest BCUT2D eigenvalue weighted by Crippen LogP contribution is -2.70. The fourth-order valence-electron chi connectivity index (χ4n) is 6.64. The lowest BCUT2D eigenvalue weighted by Gasteiger charge is -2.50. The van der Waals surface area contributed by atoms with Crippen LogP contribution in [0.5, 0.6) is 0 Å². The number of carbonyl (C=O) groups excluding carboxylic acids is 1. The summed E-state index contributed by atoms with van der Waals surface area (Å²) in [6.07, 6.45) is 2.81. The van der Waals surface area contributed by atoms with Crippen molar-refractivity contribution in [2.24, 2.45) is 0 Å². The summed E-state index contributed by atoms with van der Waals surface area (Å²) < 4.78 is 24.5. The third kappa shape index (κ3) is 7.33. The van der Waals surface area contributed by atoms with Gasteiger partial charge in [-0.05, 0) is 46.7 Å². The number of hydrogen-bond donors (Lipinski definition) is 0. The number of benzene rings is 3. The van der Waals surface area contributed by atoms with Gasteiger partial charge in [-0.1, -0.05) is 112 Å². The van der Waals surface area contributed by atoms with Gasteiger partial charge in [-0.3, -0.25) is 9.63 Å². The van der Waals surface area contributed by atoms with Gasteiger partial charge in [0, 0.05) is 20.1 Å². The predicted octanol–water partition coefficient (Wildman–Crippen LogP) is 5.61. The van der Waals surface area contributed by atoms with Crippen molar-refractivity contribution in [3.63, 3.8) is 0 Å². The zero-order valence-corrected chi connectivity index (χ0v) is 27.5. The molecule has 2 heterocycles. The molecule has 0 aromatic heterocycles. The summed E-state index contributed by atoms with van der Waals surface area (Å²) in [4.78, 5) is 20.9. The molecule has 4 atom stereocenters. The average molecular weight is 618 g/mol. The number of rotatable bonds is 13. The van der Waals surface area contributed by atoms with Gasteiger partial charge in [0.05, 0.1) is 24.9 Å². The largest absolute Gasteiger partial charge is 0.395 e. The van der Waals surface area contributed by atoms with Crippen molar-refractivity contribution in [1.29, 1.82) is 0 Å². The molecule has 2 aliphatic rings. The molecule has 7 nitrogen and oxygen atoms in total. The molecule has 44 heavy (non-hydrogen) atoms. The number of amides is 1. The number of carbonyl (C=O) groups is 1. The van der Waals surface area contributed by atoms with Gasteiger partial charge in [-0.15, -0.1) is 0 Å². The van der Waals surface area contributed by atoms with Crippen molar-refractivity contribution in [3.8, 4) is 0 Å². The van der Waals surface area contributed by atoms with Crippen molar-refractivity contribution in [2.75, 3.05) is 20.5 Å². The average Bonchev–Trinajstić information content (AvgIpc) is 3.04. The van der Waals surface area contributed by atoms with Gasteiger partial charge >= 0.3 is 0 Å². The molecule has 0 unspecified atom stereocenters. The molecule has 1 amide bonds. The summed E-state index contributed by atoms with van der Waals surface area (Å²) in [6.45, 7) is 8.04. The summed E-state index contributed by atoms with van der Waals surface area (Å²) in [6, 6.07) is 31.0. The Kier molecular flexibility index (Phi) is 11.1. The lowest BCUT2D eigenvalue weighted by atomic mass is 9.91. The van der Waals surface area contributed by atoms with E-state index in [2.05, 4.69) is 81.4 Å². The molecular weight excluding hydrogens is 570 g/mol. The summed E-state index contributed by atoms with van der Waals surface area (Å²) >= 11 is 0. The Balaban J connectivity index is 1.45. The Morgan fingerprint density at radius 3 is 2.09 bits per heavy atom. The van der Waals surface area contributed by atoms with Crippen LogP contribution in [0.4, 0.5) is 0 Å². The van der Waals surface area contributed by atoms with Crippen LogP contribution >= 0.6 is 0 Å². The number of methoxy groups -OCH3 is 1. The molecule has 2 aliphatic heterocycles. The molecule has 0 bridgehead atoms. The molecule has 2 fully saturated rings. The van der Waals surface area contributed by atoms with Crippen molar-refractivity contribution in [3.05, 3.63) is 96.6 Å². The highest BCUT2D eigenvalue weighted by atomic mass is 28.4. The maximum atomic E-state index is 14.4. The zero-order valence-electron chi connectivity index (χ0n) is 26.5. The molecule has 3 aromatic rings. The minimum Gasteiger partial charge on any atom is -0.395 e. The Morgan fingerprint density at radius 2 is 1.50 bits per heavy atom. The first kappa shape index (κ1) is 32.5. The first-order chi connectivity index (χ1) is 21.3. The summed E-state index contributed by atoms with van der Waals surface area (Å²) in [7, 11) is -1.37. The number of fused-ring (bicyclic) bond motifs is 1. The topological polar surface area (TPSA) is 66.5 Å². The van der Waals surface area contributed by atoms with E-state index in [0.29, 0.717) is 19.6 Å². The highest BCUT2D eigenvalue weighted by Gasteiger charge is 2.55.